The number of carbonyl (C=O) groups excluding carboxylic acids is 2. The minimum Gasteiger partial charge on any atom is -0.357 e. The molecule has 1 aliphatic heterocycles. The van der Waals surface area contributed by atoms with E-state index in [-0.39, 0.29) is 35.5 Å². The number of nitrogens with one attached hydrogen (secondary N) is 2. The van der Waals surface area contributed by atoms with Gasteiger partial charge in [0.15, 0.2) is 5.96 Å². The second-order valence-electron chi connectivity index (χ2n) is 7.75. The Hall–Kier alpha value is -1.85. The monoisotopic (exact) mass is 344 g/mol. The van der Waals surface area contributed by atoms with Crippen LogP contribution < -0.4 is 10.6 Å². The lowest BCUT2D eigenvalue weighted by atomic mass is 9.85. The molecule has 4 atom stereocenters. The van der Waals surface area contributed by atoms with Crippen LogP contribution in [0.2, 0.25) is 0 Å². The van der Waals surface area contributed by atoms with Gasteiger partial charge in [-0.2, -0.15) is 0 Å². The fraction of sp³-hybridized carbons (Fsp3) is 0.737. The van der Waals surface area contributed by atoms with E-state index in [1.54, 1.807) is 0 Å². The second-order valence-corrected chi connectivity index (χ2v) is 7.75. The lowest BCUT2D eigenvalue weighted by molar-refractivity contribution is -0.140. The van der Waals surface area contributed by atoms with E-state index < -0.39 is 0 Å². The summed E-state index contributed by atoms with van der Waals surface area (Å²) in [5.41, 5.74) is 0. The van der Waals surface area contributed by atoms with Crippen LogP contribution in [0.3, 0.4) is 0 Å². The van der Waals surface area contributed by atoms with Gasteiger partial charge in [-0.05, 0) is 37.5 Å². The van der Waals surface area contributed by atoms with Crippen LogP contribution in [0.4, 0.5) is 0 Å². The number of nitrogens with zero attached hydrogens (tertiary/aromatic N) is 2. The van der Waals surface area contributed by atoms with Crippen LogP contribution in [0.25, 0.3) is 0 Å². The van der Waals surface area contributed by atoms with Crippen molar-refractivity contribution in [2.75, 3.05) is 26.2 Å². The molecule has 2 bridgehead atoms. The maximum Gasteiger partial charge on any atom is 0.233 e. The number of amides is 2. The molecule has 1 saturated heterocycles. The minimum atomic E-state index is -0.0945. The number of allylic oxidation sites excluding steroid dienone is 2. The third kappa shape index (κ3) is 3.18. The van der Waals surface area contributed by atoms with Crippen molar-refractivity contribution in [1.82, 2.24) is 15.5 Å². The molecule has 0 spiro atoms. The molecule has 4 rings (SSSR count). The van der Waals surface area contributed by atoms with Crippen molar-refractivity contribution in [3.8, 4) is 0 Å². The van der Waals surface area contributed by atoms with E-state index in [0.717, 1.165) is 37.8 Å². The number of imide groups is 1. The quantitative estimate of drug-likeness (QED) is 0.314. The molecule has 2 N–H and O–H groups in total. The number of aliphatic imine (C=N–C) groups is 1. The molecule has 6 heteroatoms. The van der Waals surface area contributed by atoms with Crippen LogP contribution >= 0.6 is 0 Å². The summed E-state index contributed by atoms with van der Waals surface area (Å²) in [7, 11) is 0. The molecular formula is C19H28N4O2. The lowest BCUT2D eigenvalue weighted by Crippen LogP contribution is -2.43. The van der Waals surface area contributed by atoms with Gasteiger partial charge in [-0.25, -0.2) is 0 Å². The molecular weight excluding hydrogens is 316 g/mol. The zero-order valence-electron chi connectivity index (χ0n) is 14.9. The highest BCUT2D eigenvalue weighted by molar-refractivity contribution is 6.06. The van der Waals surface area contributed by atoms with E-state index in [2.05, 4.69) is 27.8 Å². The van der Waals surface area contributed by atoms with Crippen LogP contribution in [0, 0.1) is 29.6 Å². The van der Waals surface area contributed by atoms with Crippen LogP contribution in [-0.2, 0) is 9.59 Å². The first kappa shape index (κ1) is 16.6. The molecule has 0 aromatic rings. The molecule has 2 amide bonds. The van der Waals surface area contributed by atoms with Crippen molar-refractivity contribution < 1.29 is 9.59 Å². The Kier molecular flexibility index (Phi) is 4.52. The Labute approximate surface area is 149 Å². The molecule has 4 aliphatic rings. The number of guanidine groups is 1. The largest absolute Gasteiger partial charge is 0.357 e. The van der Waals surface area contributed by atoms with E-state index in [1.807, 2.05) is 6.92 Å². The molecule has 25 heavy (non-hydrogen) atoms. The minimum absolute atomic E-state index is 0.0318. The summed E-state index contributed by atoms with van der Waals surface area (Å²) in [6.45, 7) is 4.65. The molecule has 0 radical (unpaired) electrons. The fourth-order valence-corrected chi connectivity index (χ4v) is 4.58. The average Bonchev–Trinajstić information content (AvgIpc) is 3.10. The molecule has 3 aliphatic carbocycles. The zero-order chi connectivity index (χ0) is 17.4. The summed E-state index contributed by atoms with van der Waals surface area (Å²) in [6, 6.07) is 0. The van der Waals surface area contributed by atoms with E-state index >= 15 is 0 Å². The highest BCUT2D eigenvalue weighted by Gasteiger charge is 2.58. The third-order valence-electron chi connectivity index (χ3n) is 6.04. The van der Waals surface area contributed by atoms with Gasteiger partial charge in [0.05, 0.1) is 11.8 Å². The molecule has 3 fully saturated rings. The van der Waals surface area contributed by atoms with Crippen molar-refractivity contribution in [1.29, 1.82) is 0 Å². The van der Waals surface area contributed by atoms with Gasteiger partial charge < -0.3 is 10.6 Å². The highest BCUT2D eigenvalue weighted by atomic mass is 16.2. The molecule has 1 heterocycles. The van der Waals surface area contributed by atoms with Crippen LogP contribution in [-0.4, -0.2) is 48.9 Å². The first-order valence-corrected chi connectivity index (χ1v) is 9.74. The van der Waals surface area contributed by atoms with Crippen molar-refractivity contribution in [2.24, 2.45) is 34.6 Å². The standard InChI is InChI=1S/C19H28N4O2/c1-2-20-19(21-8-7-12-3-4-12)22-9-10-23-17(24)15-13-5-6-14(11-13)16(15)18(23)25/h5-6,12-16H,2-4,7-11H2,1H3,(H2,20,21,22). The van der Waals surface area contributed by atoms with Gasteiger partial charge in [0.1, 0.15) is 0 Å². The van der Waals surface area contributed by atoms with Crippen LogP contribution in [0.15, 0.2) is 17.1 Å². The first-order valence-electron chi connectivity index (χ1n) is 9.74. The highest BCUT2D eigenvalue weighted by Crippen LogP contribution is 2.52. The molecule has 2 saturated carbocycles. The molecule has 6 nitrogen and oxygen atoms in total. The maximum atomic E-state index is 12.6. The molecule has 0 aromatic carbocycles. The van der Waals surface area contributed by atoms with Gasteiger partial charge in [0, 0.05) is 26.2 Å². The normalized spacial score (nSPS) is 33.3. The number of hydrogen-bond acceptors (Lipinski definition) is 3. The predicted octanol–water partition coefficient (Wildman–Crippen LogP) is 1.15. The summed E-state index contributed by atoms with van der Waals surface area (Å²) in [6.07, 6.45) is 9.09. The number of carbonyl (C=O) groups is 2. The SMILES string of the molecule is CCNC(=NCCC1CC1)NCCN1C(=O)C2C3C=CC(C3)C2C1=O. The van der Waals surface area contributed by atoms with E-state index in [9.17, 15) is 9.59 Å². The number of fused-ring (bicyclic) bond motifs is 5. The Morgan fingerprint density at radius 3 is 2.44 bits per heavy atom. The Morgan fingerprint density at radius 1 is 1.16 bits per heavy atom. The van der Waals surface area contributed by atoms with Crippen molar-refractivity contribution in [3.05, 3.63) is 12.2 Å². The summed E-state index contributed by atoms with van der Waals surface area (Å²) in [5, 5.41) is 6.49. The fourth-order valence-electron chi connectivity index (χ4n) is 4.58. The summed E-state index contributed by atoms with van der Waals surface area (Å²) in [4.78, 5) is 31.3. The predicted molar refractivity (Wildman–Crippen MR) is 95.8 cm³/mol. The summed E-state index contributed by atoms with van der Waals surface area (Å²) in [5.74, 6) is 2.09. The topological polar surface area (TPSA) is 73.8 Å². The second kappa shape index (κ2) is 6.81. The lowest BCUT2D eigenvalue weighted by Gasteiger charge is -2.18. The molecule has 4 unspecified atom stereocenters. The summed E-state index contributed by atoms with van der Waals surface area (Å²) < 4.78 is 0. The van der Waals surface area contributed by atoms with Crippen molar-refractivity contribution >= 4 is 17.8 Å². The van der Waals surface area contributed by atoms with Gasteiger partial charge >= 0.3 is 0 Å². The number of likely N-dealkylation sites (tertiary alicyclic amines) is 1. The van der Waals surface area contributed by atoms with Gasteiger partial charge in [-0.15, -0.1) is 0 Å². The van der Waals surface area contributed by atoms with Crippen molar-refractivity contribution in [3.63, 3.8) is 0 Å². The average molecular weight is 344 g/mol. The van der Waals surface area contributed by atoms with E-state index in [1.165, 1.54) is 17.7 Å². The third-order valence-corrected chi connectivity index (χ3v) is 6.04. The van der Waals surface area contributed by atoms with Crippen molar-refractivity contribution in [2.45, 2.75) is 32.6 Å². The summed E-state index contributed by atoms with van der Waals surface area (Å²) >= 11 is 0. The van der Waals surface area contributed by atoms with Crippen LogP contribution in [0.5, 0.6) is 0 Å². The van der Waals surface area contributed by atoms with E-state index in [0.29, 0.717) is 13.1 Å². The Morgan fingerprint density at radius 2 is 1.84 bits per heavy atom. The smallest absolute Gasteiger partial charge is 0.233 e. The Bertz CT molecular complexity index is 581. The zero-order valence-corrected chi connectivity index (χ0v) is 14.9. The maximum absolute atomic E-state index is 12.6. The molecule has 0 aromatic heterocycles. The van der Waals surface area contributed by atoms with Gasteiger partial charge in [-0.1, -0.05) is 25.0 Å². The van der Waals surface area contributed by atoms with E-state index in [4.69, 9.17) is 0 Å². The Balaban J connectivity index is 1.29. The van der Waals surface area contributed by atoms with Gasteiger partial charge in [0.2, 0.25) is 11.8 Å². The van der Waals surface area contributed by atoms with Gasteiger partial charge in [-0.3, -0.25) is 19.5 Å². The first-order chi connectivity index (χ1) is 12.2. The van der Waals surface area contributed by atoms with Gasteiger partial charge in [0.25, 0.3) is 0 Å². The molecule has 136 valence electrons. The number of hydrogen-bond donors (Lipinski definition) is 2. The number of rotatable bonds is 7. The van der Waals surface area contributed by atoms with Crippen LogP contribution in [0.1, 0.15) is 32.6 Å².